The van der Waals surface area contributed by atoms with Crippen molar-refractivity contribution in [1.29, 1.82) is 0 Å². The van der Waals surface area contributed by atoms with Crippen molar-refractivity contribution in [1.82, 2.24) is 14.8 Å². The van der Waals surface area contributed by atoms with Gasteiger partial charge in [0.05, 0.1) is 0 Å². The molecule has 3 N–H and O–H groups in total. The maximum Gasteiger partial charge on any atom is 0.325 e. The Hall–Kier alpha value is -2.58. The number of H-pyrrole nitrogens is 1. The molecule has 4 rings (SSSR count). The third-order valence-electron chi connectivity index (χ3n) is 5.74. The Balaban J connectivity index is 1.51. The maximum atomic E-state index is 12.3. The monoisotopic (exact) mass is 474 g/mol. The highest BCUT2D eigenvalue weighted by Crippen LogP contribution is 2.32. The second-order valence-electron chi connectivity index (χ2n) is 7.97. The minimum atomic E-state index is -0.898. The van der Waals surface area contributed by atoms with Crippen LogP contribution in [0.5, 0.6) is 0 Å². The second kappa shape index (κ2) is 9.50. The van der Waals surface area contributed by atoms with E-state index in [4.69, 9.17) is 23.2 Å². The van der Waals surface area contributed by atoms with Gasteiger partial charge in [0.1, 0.15) is 6.04 Å². The quantitative estimate of drug-likeness (QED) is 0.493. The number of aromatic nitrogens is 1. The topological polar surface area (TPSA) is 88.7 Å². The van der Waals surface area contributed by atoms with E-state index in [1.54, 1.807) is 18.3 Å². The summed E-state index contributed by atoms with van der Waals surface area (Å²) >= 11 is 12.3. The molecule has 1 aromatic heterocycles. The summed E-state index contributed by atoms with van der Waals surface area (Å²) in [5.41, 5.74) is 3.16. The number of carbonyl (C=O) groups excluding carboxylic acids is 1. The zero-order valence-electron chi connectivity index (χ0n) is 17.6. The summed E-state index contributed by atoms with van der Waals surface area (Å²) < 4.78 is 0. The van der Waals surface area contributed by atoms with Crippen molar-refractivity contribution in [2.24, 2.45) is 0 Å². The predicted octanol–water partition coefficient (Wildman–Crippen LogP) is 4.38. The van der Waals surface area contributed by atoms with Crippen LogP contribution in [0.15, 0.2) is 42.6 Å². The molecule has 0 radical (unpaired) electrons. The highest BCUT2D eigenvalue weighted by molar-refractivity contribution is 6.35. The van der Waals surface area contributed by atoms with Crippen LogP contribution in [0.2, 0.25) is 10.0 Å². The molecular weight excluding hydrogens is 451 g/mol. The summed E-state index contributed by atoms with van der Waals surface area (Å²) in [7, 11) is 0. The minimum absolute atomic E-state index is 0.173. The molecule has 0 aliphatic carbocycles. The summed E-state index contributed by atoms with van der Waals surface area (Å²) in [6.07, 6.45) is 1.75. The van der Waals surface area contributed by atoms with Gasteiger partial charge in [0, 0.05) is 78.0 Å². The molecule has 9 heteroatoms. The number of amides is 1. The summed E-state index contributed by atoms with van der Waals surface area (Å²) in [6.45, 7) is 4.80. The van der Waals surface area contributed by atoms with Crippen molar-refractivity contribution in [3.63, 3.8) is 0 Å². The number of hydrogen-bond acceptors (Lipinski definition) is 4. The Morgan fingerprint density at radius 2 is 1.88 bits per heavy atom. The molecule has 0 spiro atoms. The van der Waals surface area contributed by atoms with Crippen molar-refractivity contribution < 1.29 is 14.7 Å². The first-order chi connectivity index (χ1) is 15.3. The average Bonchev–Trinajstić information content (AvgIpc) is 3.14. The van der Waals surface area contributed by atoms with E-state index in [1.165, 1.54) is 6.92 Å². The Labute approximate surface area is 195 Å². The van der Waals surface area contributed by atoms with Crippen LogP contribution >= 0.6 is 23.2 Å². The zero-order valence-corrected chi connectivity index (χ0v) is 19.1. The number of aliphatic carboxylic acids is 1. The largest absolute Gasteiger partial charge is 0.480 e. The molecular formula is C23H24Cl2N4O3. The number of carboxylic acid groups (broad SMARTS) is 1. The molecule has 1 aliphatic rings. The summed E-state index contributed by atoms with van der Waals surface area (Å²) in [4.78, 5) is 31.1. The number of carboxylic acids is 1. The van der Waals surface area contributed by atoms with Crippen LogP contribution in [0, 0.1) is 0 Å². The first-order valence-corrected chi connectivity index (χ1v) is 11.1. The van der Waals surface area contributed by atoms with Gasteiger partial charge in [0.2, 0.25) is 5.91 Å². The molecule has 1 atom stereocenters. The molecule has 0 saturated carbocycles. The van der Waals surface area contributed by atoms with Crippen LogP contribution < -0.4 is 5.32 Å². The van der Waals surface area contributed by atoms with Gasteiger partial charge in [-0.2, -0.15) is 0 Å². The Morgan fingerprint density at radius 1 is 1.12 bits per heavy atom. The van der Waals surface area contributed by atoms with Crippen molar-refractivity contribution in [2.45, 2.75) is 19.5 Å². The van der Waals surface area contributed by atoms with Crippen LogP contribution in [0.25, 0.3) is 10.9 Å². The molecule has 1 saturated heterocycles. The van der Waals surface area contributed by atoms with Gasteiger partial charge in [-0.05, 0) is 35.9 Å². The third kappa shape index (κ3) is 4.91. The van der Waals surface area contributed by atoms with Gasteiger partial charge in [0.25, 0.3) is 0 Å². The number of hydrogen-bond donors (Lipinski definition) is 3. The highest BCUT2D eigenvalue weighted by atomic mass is 35.5. The summed E-state index contributed by atoms with van der Waals surface area (Å²) in [5.74, 6) is -1.07. The number of carbonyl (C=O) groups is 2. The fourth-order valence-corrected chi connectivity index (χ4v) is 4.67. The van der Waals surface area contributed by atoms with Crippen molar-refractivity contribution in [3.05, 3.63) is 63.8 Å². The lowest BCUT2D eigenvalue weighted by molar-refractivity contribution is -0.144. The van der Waals surface area contributed by atoms with Crippen molar-refractivity contribution in [2.75, 3.05) is 31.5 Å². The Morgan fingerprint density at radius 3 is 2.53 bits per heavy atom. The highest BCUT2D eigenvalue weighted by Gasteiger charge is 2.32. The van der Waals surface area contributed by atoms with E-state index in [0.29, 0.717) is 40.9 Å². The van der Waals surface area contributed by atoms with Gasteiger partial charge in [-0.1, -0.05) is 29.3 Å². The number of fused-ring (bicyclic) bond motifs is 1. The SMILES string of the molecule is CC(=O)Nc1ccc2[nH]cc(C(C(=O)O)N3CCN(Cc4ccc(Cl)cc4Cl)CC3)c2c1. The normalized spacial score (nSPS) is 16.2. The van der Waals surface area contributed by atoms with E-state index in [9.17, 15) is 14.7 Å². The van der Waals surface area contributed by atoms with Gasteiger partial charge in [0.15, 0.2) is 0 Å². The molecule has 1 aliphatic heterocycles. The van der Waals surface area contributed by atoms with Crippen LogP contribution in [0.4, 0.5) is 5.69 Å². The fourth-order valence-electron chi connectivity index (χ4n) is 4.21. The van der Waals surface area contributed by atoms with Crippen LogP contribution in [-0.4, -0.2) is 57.9 Å². The van der Waals surface area contributed by atoms with Gasteiger partial charge >= 0.3 is 5.97 Å². The fraction of sp³-hybridized carbons (Fsp3) is 0.304. The number of piperazine rings is 1. The van der Waals surface area contributed by atoms with Gasteiger partial charge in [-0.3, -0.25) is 19.4 Å². The number of anilines is 1. The van der Waals surface area contributed by atoms with E-state index in [2.05, 4.69) is 15.2 Å². The zero-order chi connectivity index (χ0) is 22.8. The number of nitrogens with zero attached hydrogens (tertiary/aromatic N) is 2. The number of halogens is 2. The molecule has 0 bridgehead atoms. The lowest BCUT2D eigenvalue weighted by Crippen LogP contribution is -2.48. The van der Waals surface area contributed by atoms with Gasteiger partial charge in [-0.15, -0.1) is 0 Å². The summed E-state index contributed by atoms with van der Waals surface area (Å²) in [6, 6.07) is 10.2. The summed E-state index contributed by atoms with van der Waals surface area (Å²) in [5, 5.41) is 14.9. The Bertz CT molecular complexity index is 1160. The van der Waals surface area contributed by atoms with E-state index >= 15 is 0 Å². The van der Waals surface area contributed by atoms with Crippen molar-refractivity contribution in [3.8, 4) is 0 Å². The minimum Gasteiger partial charge on any atom is -0.480 e. The smallest absolute Gasteiger partial charge is 0.325 e. The lowest BCUT2D eigenvalue weighted by atomic mass is 10.0. The third-order valence-corrected chi connectivity index (χ3v) is 6.33. The number of benzene rings is 2. The Kier molecular flexibility index (Phi) is 6.71. The van der Waals surface area contributed by atoms with E-state index in [1.807, 2.05) is 29.2 Å². The molecule has 2 aromatic carbocycles. The molecule has 168 valence electrons. The molecule has 32 heavy (non-hydrogen) atoms. The second-order valence-corrected chi connectivity index (χ2v) is 8.82. The maximum absolute atomic E-state index is 12.3. The number of aromatic amines is 1. The van der Waals surface area contributed by atoms with E-state index < -0.39 is 12.0 Å². The van der Waals surface area contributed by atoms with Crippen molar-refractivity contribution >= 4 is 51.7 Å². The lowest BCUT2D eigenvalue weighted by Gasteiger charge is -2.37. The van der Waals surface area contributed by atoms with E-state index in [-0.39, 0.29) is 5.91 Å². The molecule has 1 fully saturated rings. The molecule has 1 unspecified atom stereocenters. The van der Waals surface area contributed by atoms with Crippen LogP contribution in [-0.2, 0) is 16.1 Å². The first-order valence-electron chi connectivity index (χ1n) is 10.3. The molecule has 7 nitrogen and oxygen atoms in total. The van der Waals surface area contributed by atoms with Gasteiger partial charge in [-0.25, -0.2) is 0 Å². The standard InChI is InChI=1S/C23H24Cl2N4O3/c1-14(30)27-17-4-5-21-18(11-17)19(12-26-21)22(23(31)32)29-8-6-28(7-9-29)13-15-2-3-16(24)10-20(15)25/h2-5,10-12,22,26H,6-9,13H2,1H3,(H,27,30)(H,31,32). The van der Waals surface area contributed by atoms with Crippen LogP contribution in [0.1, 0.15) is 24.1 Å². The van der Waals surface area contributed by atoms with E-state index in [0.717, 1.165) is 29.6 Å². The first kappa shape index (κ1) is 22.6. The van der Waals surface area contributed by atoms with Gasteiger partial charge < -0.3 is 15.4 Å². The molecule has 2 heterocycles. The average molecular weight is 475 g/mol. The number of nitrogens with one attached hydrogen (secondary N) is 2. The van der Waals surface area contributed by atoms with Crippen LogP contribution in [0.3, 0.4) is 0 Å². The number of rotatable bonds is 6. The predicted molar refractivity (Wildman–Crippen MR) is 126 cm³/mol. The molecule has 3 aromatic rings. The molecule has 1 amide bonds.